The molecule has 0 amide bonds. The van der Waals surface area contributed by atoms with Crippen molar-refractivity contribution < 1.29 is 4.74 Å². The number of hydrogen-bond acceptors (Lipinski definition) is 4. The summed E-state index contributed by atoms with van der Waals surface area (Å²) in [6.45, 7) is 2.52. The zero-order valence-corrected chi connectivity index (χ0v) is 16.2. The molecular formula is C24H18N2OS. The Bertz CT molecular complexity index is 1110. The molecule has 28 heavy (non-hydrogen) atoms. The van der Waals surface area contributed by atoms with E-state index < -0.39 is 0 Å². The summed E-state index contributed by atoms with van der Waals surface area (Å²) in [7, 11) is 0. The molecule has 0 unspecified atom stereocenters. The fourth-order valence-electron chi connectivity index (χ4n) is 2.84. The molecule has 0 N–H and O–H groups in total. The molecule has 0 saturated heterocycles. The molecule has 0 aliphatic heterocycles. The first kappa shape index (κ1) is 18.0. The smallest absolute Gasteiger partial charge is 0.131 e. The lowest BCUT2D eigenvalue weighted by Crippen LogP contribution is -1.95. The molecule has 1 heterocycles. The number of rotatable bonds is 5. The second-order valence-electron chi connectivity index (χ2n) is 6.51. The van der Waals surface area contributed by atoms with Crippen LogP contribution in [0.1, 0.15) is 16.8 Å². The first-order valence-corrected chi connectivity index (χ1v) is 9.84. The van der Waals surface area contributed by atoms with Crippen molar-refractivity contribution in [1.82, 2.24) is 4.98 Å². The molecule has 3 aromatic carbocycles. The number of nitrogens with zero attached hydrogens (tertiary/aromatic N) is 2. The Labute approximate surface area is 168 Å². The van der Waals surface area contributed by atoms with Gasteiger partial charge in [-0.05, 0) is 42.3 Å². The third-order valence-electron chi connectivity index (χ3n) is 4.44. The van der Waals surface area contributed by atoms with Crippen LogP contribution < -0.4 is 4.74 Å². The highest BCUT2D eigenvalue weighted by molar-refractivity contribution is 7.13. The number of aryl methyl sites for hydroxylation is 1. The molecule has 0 radical (unpaired) electrons. The molecule has 0 aliphatic rings. The predicted molar refractivity (Wildman–Crippen MR) is 113 cm³/mol. The molecular weight excluding hydrogens is 364 g/mol. The van der Waals surface area contributed by atoms with Crippen LogP contribution in [0.15, 0.2) is 78.2 Å². The molecule has 0 spiro atoms. The van der Waals surface area contributed by atoms with Gasteiger partial charge in [0, 0.05) is 10.9 Å². The fraction of sp³-hybridized carbons (Fsp3) is 0.0833. The molecule has 4 rings (SSSR count). The maximum Gasteiger partial charge on any atom is 0.131 e. The molecule has 4 heteroatoms. The topological polar surface area (TPSA) is 45.9 Å². The van der Waals surface area contributed by atoms with Crippen molar-refractivity contribution >= 4 is 11.3 Å². The van der Waals surface area contributed by atoms with E-state index >= 15 is 0 Å². The van der Waals surface area contributed by atoms with E-state index in [1.807, 2.05) is 53.9 Å². The monoisotopic (exact) mass is 382 g/mol. The summed E-state index contributed by atoms with van der Waals surface area (Å²) in [5.74, 6) is 0.808. The number of hydrogen-bond donors (Lipinski definition) is 0. The fourth-order valence-corrected chi connectivity index (χ4v) is 3.65. The Morgan fingerprint density at radius 2 is 1.46 bits per heavy atom. The summed E-state index contributed by atoms with van der Waals surface area (Å²) in [6.07, 6.45) is 0. The number of thiazole rings is 1. The van der Waals surface area contributed by atoms with Crippen molar-refractivity contribution in [2.45, 2.75) is 13.5 Å². The molecule has 0 fully saturated rings. The third-order valence-corrected chi connectivity index (χ3v) is 5.38. The summed E-state index contributed by atoms with van der Waals surface area (Å²) in [4.78, 5) is 4.67. The van der Waals surface area contributed by atoms with Gasteiger partial charge in [-0.15, -0.1) is 11.3 Å². The van der Waals surface area contributed by atoms with Gasteiger partial charge in [-0.2, -0.15) is 5.26 Å². The standard InChI is InChI=1S/C24H18N2OS/c1-17-2-6-21(7-3-17)24-26-22(16-28-24)15-27-23-12-10-20(11-13-23)19-8-4-18(14-25)5-9-19/h2-13,16H,15H2,1H3. The van der Waals surface area contributed by atoms with Crippen molar-refractivity contribution in [3.05, 3.63) is 95.0 Å². The average Bonchev–Trinajstić information content (AvgIpc) is 3.22. The number of benzene rings is 3. The van der Waals surface area contributed by atoms with Gasteiger partial charge in [0.25, 0.3) is 0 Å². The van der Waals surface area contributed by atoms with Crippen molar-refractivity contribution in [3.8, 4) is 33.5 Å². The van der Waals surface area contributed by atoms with Gasteiger partial charge >= 0.3 is 0 Å². The quantitative estimate of drug-likeness (QED) is 0.411. The molecule has 136 valence electrons. The number of nitriles is 1. The summed E-state index contributed by atoms with van der Waals surface area (Å²) >= 11 is 1.63. The molecule has 0 bridgehead atoms. The lowest BCUT2D eigenvalue weighted by atomic mass is 10.0. The van der Waals surface area contributed by atoms with Crippen LogP contribution in [0.4, 0.5) is 0 Å². The molecule has 1 aromatic heterocycles. The Kier molecular flexibility index (Phi) is 5.18. The molecule has 0 saturated carbocycles. The summed E-state index contributed by atoms with van der Waals surface area (Å²) in [5, 5.41) is 11.9. The van der Waals surface area contributed by atoms with Crippen LogP contribution in [0.3, 0.4) is 0 Å². The minimum atomic E-state index is 0.443. The Morgan fingerprint density at radius 1 is 0.857 bits per heavy atom. The van der Waals surface area contributed by atoms with Gasteiger partial charge in [0.15, 0.2) is 0 Å². The van der Waals surface area contributed by atoms with E-state index in [0.717, 1.165) is 33.1 Å². The van der Waals surface area contributed by atoms with E-state index in [4.69, 9.17) is 10.00 Å². The van der Waals surface area contributed by atoms with Crippen molar-refractivity contribution in [2.24, 2.45) is 0 Å². The van der Waals surface area contributed by atoms with E-state index in [1.165, 1.54) is 5.56 Å². The molecule has 3 nitrogen and oxygen atoms in total. The lowest BCUT2D eigenvalue weighted by Gasteiger charge is -2.06. The van der Waals surface area contributed by atoms with Gasteiger partial charge in [-0.3, -0.25) is 0 Å². The first-order chi connectivity index (χ1) is 13.7. The highest BCUT2D eigenvalue weighted by Crippen LogP contribution is 2.26. The largest absolute Gasteiger partial charge is 0.487 e. The van der Waals surface area contributed by atoms with Gasteiger partial charge < -0.3 is 4.74 Å². The zero-order valence-electron chi connectivity index (χ0n) is 15.4. The van der Waals surface area contributed by atoms with Crippen LogP contribution in [-0.2, 0) is 6.61 Å². The van der Waals surface area contributed by atoms with Crippen LogP contribution in [-0.4, -0.2) is 4.98 Å². The summed E-state index contributed by atoms with van der Waals surface area (Å²) < 4.78 is 5.89. The van der Waals surface area contributed by atoms with E-state index in [-0.39, 0.29) is 0 Å². The van der Waals surface area contributed by atoms with E-state index in [9.17, 15) is 0 Å². The Hall–Kier alpha value is -3.42. The van der Waals surface area contributed by atoms with Crippen LogP contribution in [0.5, 0.6) is 5.75 Å². The summed E-state index contributed by atoms with van der Waals surface area (Å²) in [6, 6.07) is 26.1. The number of aromatic nitrogens is 1. The van der Waals surface area contributed by atoms with Crippen LogP contribution in [0.25, 0.3) is 21.7 Å². The van der Waals surface area contributed by atoms with Crippen LogP contribution in [0, 0.1) is 18.3 Å². The van der Waals surface area contributed by atoms with Crippen LogP contribution in [0.2, 0.25) is 0 Å². The molecule has 0 atom stereocenters. The number of ether oxygens (including phenoxy) is 1. The van der Waals surface area contributed by atoms with E-state index in [2.05, 4.69) is 42.2 Å². The normalized spacial score (nSPS) is 10.4. The Balaban J connectivity index is 1.40. The van der Waals surface area contributed by atoms with Gasteiger partial charge in [0.05, 0.1) is 17.3 Å². The highest BCUT2D eigenvalue weighted by Gasteiger charge is 2.06. The van der Waals surface area contributed by atoms with E-state index in [1.54, 1.807) is 11.3 Å². The van der Waals surface area contributed by atoms with Gasteiger partial charge in [-0.25, -0.2) is 4.98 Å². The second kappa shape index (κ2) is 8.08. The molecule has 0 aliphatic carbocycles. The second-order valence-corrected chi connectivity index (χ2v) is 7.37. The van der Waals surface area contributed by atoms with Crippen molar-refractivity contribution in [1.29, 1.82) is 5.26 Å². The maximum absolute atomic E-state index is 8.89. The highest BCUT2D eigenvalue weighted by atomic mass is 32.1. The average molecular weight is 382 g/mol. The van der Waals surface area contributed by atoms with Crippen molar-refractivity contribution in [3.63, 3.8) is 0 Å². The van der Waals surface area contributed by atoms with E-state index in [0.29, 0.717) is 12.2 Å². The third kappa shape index (κ3) is 4.11. The van der Waals surface area contributed by atoms with Gasteiger partial charge in [0.1, 0.15) is 17.4 Å². The summed E-state index contributed by atoms with van der Waals surface area (Å²) in [5.41, 5.74) is 6.13. The predicted octanol–water partition coefficient (Wildman–Crippen LogP) is 6.24. The zero-order chi connectivity index (χ0) is 19.3. The lowest BCUT2D eigenvalue weighted by molar-refractivity contribution is 0.302. The first-order valence-electron chi connectivity index (χ1n) is 8.96. The van der Waals surface area contributed by atoms with Crippen LogP contribution >= 0.6 is 11.3 Å². The van der Waals surface area contributed by atoms with Gasteiger partial charge in [0.2, 0.25) is 0 Å². The Morgan fingerprint density at radius 3 is 2.11 bits per heavy atom. The molecule has 4 aromatic rings. The minimum Gasteiger partial charge on any atom is -0.487 e. The SMILES string of the molecule is Cc1ccc(-c2nc(COc3ccc(-c4ccc(C#N)cc4)cc3)cs2)cc1. The van der Waals surface area contributed by atoms with Crippen molar-refractivity contribution in [2.75, 3.05) is 0 Å². The van der Waals surface area contributed by atoms with Gasteiger partial charge in [-0.1, -0.05) is 54.1 Å². The minimum absolute atomic E-state index is 0.443. The maximum atomic E-state index is 8.89.